The quantitative estimate of drug-likeness (QED) is 0.296. The molecule has 0 aromatic heterocycles. The predicted molar refractivity (Wildman–Crippen MR) is 56.6 cm³/mol. The highest BCUT2D eigenvalue weighted by atomic mass is 31.2. The van der Waals surface area contributed by atoms with E-state index in [0.717, 1.165) is 0 Å². The van der Waals surface area contributed by atoms with Gasteiger partial charge < -0.3 is 39.7 Å². The van der Waals surface area contributed by atoms with E-state index in [0.29, 0.717) is 0 Å². The molecule has 6 N–H and O–H groups in total. The predicted octanol–water partition coefficient (Wildman–Crippen LogP) is -3.02. The van der Waals surface area contributed by atoms with Gasteiger partial charge in [-0.1, -0.05) is 0 Å². The lowest BCUT2D eigenvalue weighted by atomic mass is 9.96. The number of hydrogen-bond acceptors (Lipinski definition) is 7. The van der Waals surface area contributed by atoms with Crippen LogP contribution < -0.4 is 0 Å². The van der Waals surface area contributed by atoms with Gasteiger partial charge in [0.15, 0.2) is 6.29 Å². The number of methoxy groups -OCH3 is 1. The van der Waals surface area contributed by atoms with Gasteiger partial charge in [0, 0.05) is 7.11 Å². The van der Waals surface area contributed by atoms with Crippen molar-refractivity contribution in [3.63, 3.8) is 0 Å². The highest BCUT2D eigenvalue weighted by Gasteiger charge is 2.47. The second-order valence-electron chi connectivity index (χ2n) is 4.09. The molecule has 1 aliphatic rings. The van der Waals surface area contributed by atoms with Gasteiger partial charge in [0.2, 0.25) is 0 Å². The van der Waals surface area contributed by atoms with E-state index in [1.165, 1.54) is 7.11 Å². The van der Waals surface area contributed by atoms with Crippen molar-refractivity contribution in [2.24, 2.45) is 0 Å². The Balaban J connectivity index is 2.78. The van der Waals surface area contributed by atoms with Gasteiger partial charge in [-0.05, 0) is 0 Å². The van der Waals surface area contributed by atoms with Crippen LogP contribution in [0.3, 0.4) is 0 Å². The Hall–Kier alpha value is -0.0900. The van der Waals surface area contributed by atoms with Crippen molar-refractivity contribution in [2.75, 3.05) is 13.3 Å². The number of aliphatic hydroxyl groups is 4. The smallest absolute Gasteiger partial charge is 0.328 e. The van der Waals surface area contributed by atoms with Crippen LogP contribution in [0.4, 0.5) is 0 Å². The number of aliphatic hydroxyl groups excluding tert-OH is 4. The molecule has 0 aromatic rings. The van der Waals surface area contributed by atoms with Crippen LogP contribution in [0.15, 0.2) is 0 Å². The van der Waals surface area contributed by atoms with Gasteiger partial charge in [-0.2, -0.15) is 0 Å². The average molecular weight is 288 g/mol. The molecule has 0 saturated carbocycles. The van der Waals surface area contributed by atoms with Gasteiger partial charge in [0.05, 0.1) is 12.3 Å². The molecule has 0 amide bonds. The zero-order valence-electron chi connectivity index (χ0n) is 9.53. The lowest BCUT2D eigenvalue weighted by molar-refractivity contribution is -0.302. The summed E-state index contributed by atoms with van der Waals surface area (Å²) in [6.45, 7) is 0. The van der Waals surface area contributed by atoms with E-state index in [1.807, 2.05) is 0 Å². The Morgan fingerprint density at radius 2 is 1.78 bits per heavy atom. The topological polar surface area (TPSA) is 157 Å². The summed E-state index contributed by atoms with van der Waals surface area (Å²) in [6, 6.07) is 0. The van der Waals surface area contributed by atoms with E-state index in [4.69, 9.17) is 14.5 Å². The van der Waals surface area contributed by atoms with Crippen LogP contribution in [0.1, 0.15) is 0 Å². The third-order valence-corrected chi connectivity index (χ3v) is 3.49. The Morgan fingerprint density at radius 1 is 1.22 bits per heavy atom. The fourth-order valence-electron chi connectivity index (χ4n) is 1.73. The number of ether oxygens (including phenoxy) is 2. The third-order valence-electron chi connectivity index (χ3n) is 2.64. The highest BCUT2D eigenvalue weighted by molar-refractivity contribution is 7.51. The van der Waals surface area contributed by atoms with Crippen molar-refractivity contribution in [2.45, 2.75) is 36.8 Å². The van der Waals surface area contributed by atoms with E-state index >= 15 is 0 Å². The summed E-state index contributed by atoms with van der Waals surface area (Å²) in [5.74, 6) is 0. The standard InChI is InChI=1S/C8H17O9P/c1-16-8-6(12)4(10)5(11)7(17-8)3(9)2-18(13,14)15/h3-12H,2H2,1H3,(H2,13,14,15)/t3-,4-,5-,6-,7+,8-/m0/s1. The lowest BCUT2D eigenvalue weighted by Crippen LogP contribution is -2.61. The van der Waals surface area contributed by atoms with Gasteiger partial charge in [-0.15, -0.1) is 0 Å². The van der Waals surface area contributed by atoms with Crippen LogP contribution in [0.5, 0.6) is 0 Å². The SMILES string of the molecule is CO[C@H]1O[C@H]([C@@H](O)CP(=O)(O)O)[C@@H](O)[C@H](O)[C@@H]1O. The molecule has 1 aliphatic heterocycles. The van der Waals surface area contributed by atoms with Crippen molar-refractivity contribution < 1.29 is 44.3 Å². The number of rotatable bonds is 4. The molecular formula is C8H17O9P. The maximum Gasteiger partial charge on any atom is 0.328 e. The van der Waals surface area contributed by atoms with E-state index in [2.05, 4.69) is 4.74 Å². The summed E-state index contributed by atoms with van der Waals surface area (Å²) in [5, 5.41) is 38.1. The zero-order valence-corrected chi connectivity index (χ0v) is 10.4. The summed E-state index contributed by atoms with van der Waals surface area (Å²) in [7, 11) is -3.33. The molecule has 1 fully saturated rings. The molecule has 0 spiro atoms. The number of hydrogen-bond donors (Lipinski definition) is 6. The minimum Gasteiger partial charge on any atom is -0.390 e. The maximum absolute atomic E-state index is 10.7. The highest BCUT2D eigenvalue weighted by Crippen LogP contribution is 2.37. The average Bonchev–Trinajstić information content (AvgIpc) is 2.24. The minimum atomic E-state index is -4.50. The maximum atomic E-state index is 10.7. The Morgan fingerprint density at radius 3 is 2.22 bits per heavy atom. The molecule has 1 saturated heterocycles. The second kappa shape index (κ2) is 5.91. The van der Waals surface area contributed by atoms with E-state index in [9.17, 15) is 25.0 Å². The second-order valence-corrected chi connectivity index (χ2v) is 5.79. The zero-order chi connectivity index (χ0) is 14.1. The van der Waals surface area contributed by atoms with Crippen LogP contribution >= 0.6 is 7.60 Å². The largest absolute Gasteiger partial charge is 0.390 e. The monoisotopic (exact) mass is 288 g/mol. The first-order chi connectivity index (χ1) is 8.17. The van der Waals surface area contributed by atoms with E-state index in [-0.39, 0.29) is 0 Å². The fraction of sp³-hybridized carbons (Fsp3) is 1.00. The third kappa shape index (κ3) is 3.70. The molecule has 6 atom stereocenters. The van der Waals surface area contributed by atoms with E-state index in [1.54, 1.807) is 0 Å². The molecule has 0 aromatic carbocycles. The molecule has 10 heteroatoms. The molecule has 0 radical (unpaired) electrons. The van der Waals surface area contributed by atoms with Crippen molar-refractivity contribution in [3.05, 3.63) is 0 Å². The van der Waals surface area contributed by atoms with Crippen LogP contribution in [-0.2, 0) is 14.0 Å². The Bertz CT molecular complexity index is 316. The van der Waals surface area contributed by atoms with Crippen molar-refractivity contribution in [3.8, 4) is 0 Å². The lowest BCUT2D eigenvalue weighted by Gasteiger charge is -2.41. The molecule has 9 nitrogen and oxygen atoms in total. The molecule has 0 unspecified atom stereocenters. The Labute approximate surface area is 103 Å². The summed E-state index contributed by atoms with van der Waals surface area (Å²) in [4.78, 5) is 17.4. The summed E-state index contributed by atoms with van der Waals surface area (Å²) in [6.07, 6.45) is -10.3. The van der Waals surface area contributed by atoms with Crippen LogP contribution in [0, 0.1) is 0 Å². The molecule has 18 heavy (non-hydrogen) atoms. The first-order valence-corrected chi connectivity index (χ1v) is 6.92. The molecule has 1 rings (SSSR count). The van der Waals surface area contributed by atoms with Gasteiger partial charge in [-0.25, -0.2) is 0 Å². The molecule has 0 aliphatic carbocycles. The molecule has 108 valence electrons. The Kier molecular flexibility index (Phi) is 5.24. The van der Waals surface area contributed by atoms with Gasteiger partial charge in [-0.3, -0.25) is 4.57 Å². The summed E-state index contributed by atoms with van der Waals surface area (Å²) >= 11 is 0. The fourth-order valence-corrected chi connectivity index (χ4v) is 2.43. The molecular weight excluding hydrogens is 271 g/mol. The van der Waals surface area contributed by atoms with Crippen molar-refractivity contribution in [1.29, 1.82) is 0 Å². The normalized spacial score (nSPS) is 39.6. The van der Waals surface area contributed by atoms with Crippen molar-refractivity contribution in [1.82, 2.24) is 0 Å². The molecule has 1 heterocycles. The van der Waals surface area contributed by atoms with Crippen LogP contribution in [0.2, 0.25) is 0 Å². The molecule has 0 bridgehead atoms. The van der Waals surface area contributed by atoms with Gasteiger partial charge in [0.1, 0.15) is 24.4 Å². The van der Waals surface area contributed by atoms with Crippen LogP contribution in [0.25, 0.3) is 0 Å². The summed E-state index contributed by atoms with van der Waals surface area (Å²) < 4.78 is 20.4. The first kappa shape index (κ1) is 16.0. The van der Waals surface area contributed by atoms with Gasteiger partial charge >= 0.3 is 7.60 Å². The van der Waals surface area contributed by atoms with Gasteiger partial charge in [0.25, 0.3) is 0 Å². The van der Waals surface area contributed by atoms with Crippen LogP contribution in [-0.4, -0.2) is 80.3 Å². The first-order valence-electron chi connectivity index (χ1n) is 5.12. The summed E-state index contributed by atoms with van der Waals surface area (Å²) in [5.41, 5.74) is 0. The van der Waals surface area contributed by atoms with E-state index < -0.39 is 50.6 Å². The minimum absolute atomic E-state index is 0.937. The van der Waals surface area contributed by atoms with Crippen molar-refractivity contribution >= 4 is 7.60 Å².